The first-order chi connectivity index (χ1) is 25.4. The van der Waals surface area contributed by atoms with Gasteiger partial charge in [0.15, 0.2) is 34.5 Å². The number of hydrogen-bond acceptors (Lipinski definition) is 16. The molecule has 0 unspecified atom stereocenters. The largest absolute Gasteiger partial charge is 0.486 e. The van der Waals surface area contributed by atoms with E-state index in [0.29, 0.717) is 79.3 Å². The van der Waals surface area contributed by atoms with Crippen molar-refractivity contribution in [2.24, 2.45) is 0 Å². The highest BCUT2D eigenvalue weighted by atomic mass is 32.1. The monoisotopic (exact) mass is 782 g/mol. The summed E-state index contributed by atoms with van der Waals surface area (Å²) in [7, 11) is 8.65. The fourth-order valence-corrected chi connectivity index (χ4v) is 9.30. The first-order valence-corrected chi connectivity index (χ1v) is 20.6. The zero-order valence-corrected chi connectivity index (χ0v) is 33.4. The summed E-state index contributed by atoms with van der Waals surface area (Å²) in [5.74, 6) is 5.09. The Kier molecular flexibility index (Phi) is 15.4. The minimum atomic E-state index is 0.504. The van der Waals surface area contributed by atoms with Crippen LogP contribution in [0.15, 0.2) is 10.8 Å². The van der Waals surface area contributed by atoms with Gasteiger partial charge in [-0.3, -0.25) is 19.6 Å². The van der Waals surface area contributed by atoms with Gasteiger partial charge >= 0.3 is 0 Å². The van der Waals surface area contributed by atoms with E-state index in [0.717, 1.165) is 86.9 Å². The van der Waals surface area contributed by atoms with Crippen LogP contribution in [-0.4, -0.2) is 153 Å². The quantitative estimate of drug-likeness (QED) is 0.232. The maximum atomic E-state index is 6.34. The Labute approximate surface area is 319 Å². The Morgan fingerprint density at radius 2 is 0.712 bits per heavy atom. The van der Waals surface area contributed by atoms with Crippen molar-refractivity contribution in [3.8, 4) is 34.5 Å². The fraction of sp³-hybridized carbons (Fsp3) is 0.667. The van der Waals surface area contributed by atoms with Gasteiger partial charge in [0.2, 0.25) is 0 Å². The fourth-order valence-electron chi connectivity index (χ4n) is 5.97. The first kappa shape index (κ1) is 39.3. The van der Waals surface area contributed by atoms with Crippen molar-refractivity contribution in [1.29, 1.82) is 0 Å². The zero-order valence-electron chi connectivity index (χ0n) is 31.0. The minimum absolute atomic E-state index is 0.504. The molecule has 0 bridgehead atoms. The second kappa shape index (κ2) is 20.3. The lowest BCUT2D eigenvalue weighted by Gasteiger charge is -2.22. The van der Waals surface area contributed by atoms with Crippen LogP contribution in [0.3, 0.4) is 0 Å². The number of nitrogens with zero attached hydrogens (tertiary/aromatic N) is 4. The SMILES string of the molecule is CN(CCN(C)Cc1sc(CN(C)CCN(C)Cc2scc3c2OCCOCCO3)c2c1OCCOCCO2)Cc1scc2c1OCCOCCO2. The molecule has 6 heterocycles. The number of rotatable bonds is 14. The number of thiophene rings is 3. The Morgan fingerprint density at radius 1 is 0.404 bits per heavy atom. The van der Waals surface area contributed by atoms with Crippen molar-refractivity contribution in [1.82, 2.24) is 19.6 Å². The molecule has 0 N–H and O–H groups in total. The Morgan fingerprint density at radius 3 is 1.08 bits per heavy atom. The van der Waals surface area contributed by atoms with Crippen LogP contribution in [0.5, 0.6) is 34.5 Å². The highest BCUT2D eigenvalue weighted by molar-refractivity contribution is 7.12. The average Bonchev–Trinajstić information content (AvgIpc) is 3.84. The van der Waals surface area contributed by atoms with Crippen LogP contribution >= 0.6 is 34.0 Å². The normalized spacial score (nSPS) is 17.2. The molecule has 0 aromatic carbocycles. The maximum absolute atomic E-state index is 6.34. The summed E-state index contributed by atoms with van der Waals surface area (Å²) >= 11 is 5.18. The molecule has 3 aliphatic rings. The van der Waals surface area contributed by atoms with Crippen molar-refractivity contribution in [3.05, 3.63) is 30.3 Å². The van der Waals surface area contributed by atoms with Crippen LogP contribution in [0.25, 0.3) is 0 Å². The van der Waals surface area contributed by atoms with Crippen LogP contribution in [-0.2, 0) is 40.4 Å². The lowest BCUT2D eigenvalue weighted by molar-refractivity contribution is 0.0872. The van der Waals surface area contributed by atoms with Crippen LogP contribution in [0, 0.1) is 0 Å². The van der Waals surface area contributed by atoms with Gasteiger partial charge in [-0.2, -0.15) is 0 Å². The predicted molar refractivity (Wildman–Crippen MR) is 204 cm³/mol. The molecule has 3 aromatic heterocycles. The summed E-state index contributed by atoms with van der Waals surface area (Å²) in [5.41, 5.74) is 0. The number of likely N-dealkylation sites (N-methyl/N-ethyl adjacent to an activating group) is 4. The molecular weight excluding hydrogens is 729 g/mol. The molecule has 3 aromatic rings. The third-order valence-electron chi connectivity index (χ3n) is 8.78. The molecule has 0 aliphatic carbocycles. The van der Waals surface area contributed by atoms with Gasteiger partial charge in [0.05, 0.1) is 59.1 Å². The van der Waals surface area contributed by atoms with Crippen LogP contribution in [0.1, 0.15) is 19.5 Å². The van der Waals surface area contributed by atoms with Crippen molar-refractivity contribution >= 4 is 34.0 Å². The highest BCUT2D eigenvalue weighted by Crippen LogP contribution is 2.44. The van der Waals surface area contributed by atoms with Crippen LogP contribution in [0.4, 0.5) is 0 Å². The summed E-state index contributed by atoms with van der Waals surface area (Å²) in [6.45, 7) is 13.3. The molecular formula is C36H54N4O9S3. The third-order valence-corrected chi connectivity index (χ3v) is 11.8. The second-order valence-corrected chi connectivity index (χ2v) is 16.3. The van der Waals surface area contributed by atoms with Gasteiger partial charge in [0.25, 0.3) is 0 Å². The van der Waals surface area contributed by atoms with Gasteiger partial charge in [0.1, 0.15) is 39.6 Å². The van der Waals surface area contributed by atoms with Gasteiger partial charge in [-0.15, -0.1) is 34.0 Å². The summed E-state index contributed by atoms with van der Waals surface area (Å²) in [4.78, 5) is 14.1. The van der Waals surface area contributed by atoms with E-state index in [1.54, 1.807) is 34.0 Å². The van der Waals surface area contributed by atoms with E-state index >= 15 is 0 Å². The zero-order chi connectivity index (χ0) is 36.1. The molecule has 3 aliphatic heterocycles. The van der Waals surface area contributed by atoms with E-state index in [1.807, 2.05) is 10.8 Å². The Hall–Kier alpha value is -2.38. The molecule has 6 rings (SSSR count). The molecule has 13 nitrogen and oxygen atoms in total. The average molecular weight is 783 g/mol. The molecule has 0 spiro atoms. The van der Waals surface area contributed by atoms with Crippen molar-refractivity contribution in [2.45, 2.75) is 26.2 Å². The van der Waals surface area contributed by atoms with Gasteiger partial charge in [0, 0.05) is 63.1 Å². The molecule has 0 radical (unpaired) electrons. The smallest absolute Gasteiger partial charge is 0.176 e. The maximum Gasteiger partial charge on any atom is 0.176 e. The summed E-state index contributed by atoms with van der Waals surface area (Å²) < 4.78 is 53.3. The second-order valence-electron chi connectivity index (χ2n) is 13.2. The lowest BCUT2D eigenvalue weighted by Crippen LogP contribution is -2.30. The van der Waals surface area contributed by atoms with Crippen molar-refractivity contribution < 1.29 is 42.6 Å². The van der Waals surface area contributed by atoms with Gasteiger partial charge < -0.3 is 42.6 Å². The number of ether oxygens (including phenoxy) is 9. The van der Waals surface area contributed by atoms with E-state index in [2.05, 4.69) is 47.8 Å². The van der Waals surface area contributed by atoms with Gasteiger partial charge in [-0.05, 0) is 28.2 Å². The van der Waals surface area contributed by atoms with Gasteiger partial charge in [-0.1, -0.05) is 0 Å². The van der Waals surface area contributed by atoms with Crippen LogP contribution in [0.2, 0.25) is 0 Å². The number of fused-ring (bicyclic) bond motifs is 3. The van der Waals surface area contributed by atoms with E-state index in [9.17, 15) is 0 Å². The van der Waals surface area contributed by atoms with Crippen molar-refractivity contribution in [3.63, 3.8) is 0 Å². The Bertz CT molecular complexity index is 1410. The van der Waals surface area contributed by atoms with Gasteiger partial charge in [-0.25, -0.2) is 0 Å². The molecule has 52 heavy (non-hydrogen) atoms. The Balaban J connectivity index is 1.03. The van der Waals surface area contributed by atoms with Crippen LogP contribution < -0.4 is 28.4 Å². The van der Waals surface area contributed by atoms with E-state index in [1.165, 1.54) is 19.5 Å². The predicted octanol–water partition coefficient (Wildman–Crippen LogP) is 4.36. The lowest BCUT2D eigenvalue weighted by atomic mass is 10.3. The minimum Gasteiger partial charge on any atom is -0.486 e. The first-order valence-electron chi connectivity index (χ1n) is 18.0. The molecule has 290 valence electrons. The number of hydrogen-bond donors (Lipinski definition) is 0. The molecule has 0 saturated heterocycles. The highest BCUT2D eigenvalue weighted by Gasteiger charge is 2.25. The van der Waals surface area contributed by atoms with Crippen molar-refractivity contribution in [2.75, 3.05) is 134 Å². The molecule has 0 saturated carbocycles. The van der Waals surface area contributed by atoms with E-state index in [-0.39, 0.29) is 0 Å². The molecule has 0 atom stereocenters. The van der Waals surface area contributed by atoms with E-state index in [4.69, 9.17) is 42.6 Å². The third kappa shape index (κ3) is 11.3. The molecule has 16 heteroatoms. The van der Waals surface area contributed by atoms with E-state index < -0.39 is 0 Å². The molecule has 0 fully saturated rings. The summed E-state index contributed by atoms with van der Waals surface area (Å²) in [5, 5.41) is 4.09. The standard InChI is InChI=1S/C36H54N4O9S3/c1-37(21-29-33-27(25-50-29)44-15-9-41-11-17-46-33)5-7-39(3)23-31-35-36(49-20-14-43-13-19-48-35)32(52-31)24-40(4)8-6-38(2)22-30-34-28(26-51-30)45-16-10-42-12-18-47-34/h25-26H,5-24H2,1-4H3. The summed E-state index contributed by atoms with van der Waals surface area (Å²) in [6.07, 6.45) is 0. The molecule has 0 amide bonds. The summed E-state index contributed by atoms with van der Waals surface area (Å²) in [6, 6.07) is 0. The topological polar surface area (TPSA) is 96.0 Å².